The minimum atomic E-state index is 0.175. The summed E-state index contributed by atoms with van der Waals surface area (Å²) in [5.74, 6) is 2.03. The molecule has 2 atom stereocenters. The van der Waals surface area contributed by atoms with Gasteiger partial charge in [-0.2, -0.15) is 5.10 Å². The van der Waals surface area contributed by atoms with E-state index < -0.39 is 0 Å². The van der Waals surface area contributed by atoms with Crippen molar-refractivity contribution in [1.29, 1.82) is 0 Å². The van der Waals surface area contributed by atoms with E-state index in [4.69, 9.17) is 5.73 Å². The van der Waals surface area contributed by atoms with E-state index in [-0.39, 0.29) is 6.04 Å². The van der Waals surface area contributed by atoms with Crippen molar-refractivity contribution >= 4 is 0 Å². The number of nitrogens with zero attached hydrogens (tertiary/aromatic N) is 2. The van der Waals surface area contributed by atoms with E-state index in [0.29, 0.717) is 5.92 Å². The molecule has 1 aromatic heterocycles. The average Bonchev–Trinajstić information content (AvgIpc) is 2.58. The maximum Gasteiger partial charge on any atom is 0.157 e. The number of allylic oxidation sites excluding steroid dienone is 1. The number of nitrogens with two attached hydrogens (primary N) is 1. The minimum absolute atomic E-state index is 0.175. The third kappa shape index (κ3) is 1.25. The molecule has 0 aromatic carbocycles. The zero-order chi connectivity index (χ0) is 8.55. The first-order chi connectivity index (χ1) is 5.75. The SMILES string of the molecule is Cc1nc(C2C=CC(N)C2)n[nH]1. The second-order valence-electron chi connectivity index (χ2n) is 3.17. The molecule has 1 aromatic rings. The second kappa shape index (κ2) is 2.71. The Labute approximate surface area is 70.9 Å². The van der Waals surface area contributed by atoms with Gasteiger partial charge in [0.2, 0.25) is 0 Å². The molecule has 0 saturated carbocycles. The van der Waals surface area contributed by atoms with Crippen LogP contribution < -0.4 is 5.73 Å². The Bertz CT molecular complexity index is 302. The highest BCUT2D eigenvalue weighted by molar-refractivity contribution is 5.16. The van der Waals surface area contributed by atoms with Gasteiger partial charge in [0.1, 0.15) is 5.82 Å². The minimum Gasteiger partial charge on any atom is -0.324 e. The molecule has 4 heteroatoms. The van der Waals surface area contributed by atoms with Crippen LogP contribution in [0.4, 0.5) is 0 Å². The molecule has 3 N–H and O–H groups in total. The number of hydrogen-bond acceptors (Lipinski definition) is 3. The van der Waals surface area contributed by atoms with Gasteiger partial charge < -0.3 is 5.73 Å². The predicted octanol–water partition coefficient (Wildman–Crippen LogP) is 0.484. The molecule has 0 fully saturated rings. The summed E-state index contributed by atoms with van der Waals surface area (Å²) in [6.07, 6.45) is 5.01. The molecular formula is C8H12N4. The fourth-order valence-corrected chi connectivity index (χ4v) is 1.44. The number of aromatic nitrogens is 3. The van der Waals surface area contributed by atoms with E-state index in [0.717, 1.165) is 18.1 Å². The summed E-state index contributed by atoms with van der Waals surface area (Å²) >= 11 is 0. The quantitative estimate of drug-likeness (QED) is 0.593. The maximum atomic E-state index is 5.72. The highest BCUT2D eigenvalue weighted by Crippen LogP contribution is 2.24. The summed E-state index contributed by atoms with van der Waals surface area (Å²) in [6, 6.07) is 0.175. The van der Waals surface area contributed by atoms with Gasteiger partial charge in [-0.1, -0.05) is 12.2 Å². The third-order valence-electron chi connectivity index (χ3n) is 2.06. The number of rotatable bonds is 1. The van der Waals surface area contributed by atoms with Crippen molar-refractivity contribution in [2.24, 2.45) is 5.73 Å². The van der Waals surface area contributed by atoms with Gasteiger partial charge in [-0.25, -0.2) is 4.98 Å². The monoisotopic (exact) mass is 164 g/mol. The van der Waals surface area contributed by atoms with E-state index in [1.807, 2.05) is 13.0 Å². The normalized spacial score (nSPS) is 28.2. The fraction of sp³-hybridized carbons (Fsp3) is 0.500. The van der Waals surface area contributed by atoms with Crippen LogP contribution >= 0.6 is 0 Å². The Morgan fingerprint density at radius 1 is 1.58 bits per heavy atom. The van der Waals surface area contributed by atoms with Crippen molar-refractivity contribution in [3.05, 3.63) is 23.8 Å². The van der Waals surface area contributed by atoms with Crippen LogP contribution in [0.2, 0.25) is 0 Å². The molecule has 1 aliphatic carbocycles. The lowest BCUT2D eigenvalue weighted by Gasteiger charge is -2.02. The van der Waals surface area contributed by atoms with Gasteiger partial charge in [-0.15, -0.1) is 0 Å². The van der Waals surface area contributed by atoms with E-state index in [1.165, 1.54) is 0 Å². The molecule has 0 aliphatic heterocycles. The van der Waals surface area contributed by atoms with Crippen molar-refractivity contribution in [2.75, 3.05) is 0 Å². The van der Waals surface area contributed by atoms with Gasteiger partial charge in [0, 0.05) is 12.0 Å². The zero-order valence-electron chi connectivity index (χ0n) is 6.99. The number of aryl methyl sites for hydroxylation is 1. The van der Waals surface area contributed by atoms with Gasteiger partial charge in [-0.3, -0.25) is 5.10 Å². The lowest BCUT2D eigenvalue weighted by atomic mass is 10.1. The summed E-state index contributed by atoms with van der Waals surface area (Å²) in [4.78, 5) is 4.25. The van der Waals surface area contributed by atoms with Crippen molar-refractivity contribution in [2.45, 2.75) is 25.3 Å². The van der Waals surface area contributed by atoms with Crippen LogP contribution in [0.5, 0.6) is 0 Å². The number of aromatic amines is 1. The Morgan fingerprint density at radius 2 is 2.42 bits per heavy atom. The number of nitrogens with one attached hydrogen (secondary N) is 1. The van der Waals surface area contributed by atoms with Crippen LogP contribution in [-0.4, -0.2) is 21.2 Å². The standard InChI is InChI=1S/C8H12N4/c1-5-10-8(12-11-5)6-2-3-7(9)4-6/h2-3,6-7H,4,9H2,1H3,(H,10,11,12). The van der Waals surface area contributed by atoms with Crippen LogP contribution in [-0.2, 0) is 0 Å². The van der Waals surface area contributed by atoms with Crippen molar-refractivity contribution in [1.82, 2.24) is 15.2 Å². The van der Waals surface area contributed by atoms with Crippen molar-refractivity contribution in [3.8, 4) is 0 Å². The Morgan fingerprint density at radius 3 is 2.92 bits per heavy atom. The molecule has 0 amide bonds. The molecular weight excluding hydrogens is 152 g/mol. The van der Waals surface area contributed by atoms with E-state index in [9.17, 15) is 0 Å². The molecule has 12 heavy (non-hydrogen) atoms. The van der Waals surface area contributed by atoms with Gasteiger partial charge in [0.25, 0.3) is 0 Å². The molecule has 0 bridgehead atoms. The van der Waals surface area contributed by atoms with Gasteiger partial charge in [0.05, 0.1) is 0 Å². The van der Waals surface area contributed by atoms with Crippen LogP contribution in [0.1, 0.15) is 24.0 Å². The van der Waals surface area contributed by atoms with Crippen molar-refractivity contribution in [3.63, 3.8) is 0 Å². The molecule has 4 nitrogen and oxygen atoms in total. The molecule has 0 spiro atoms. The topological polar surface area (TPSA) is 67.6 Å². The first-order valence-corrected chi connectivity index (χ1v) is 4.08. The Kier molecular flexibility index (Phi) is 1.69. The molecule has 0 saturated heterocycles. The van der Waals surface area contributed by atoms with Gasteiger partial charge in [0.15, 0.2) is 5.82 Å². The zero-order valence-corrected chi connectivity index (χ0v) is 6.99. The van der Waals surface area contributed by atoms with Crippen LogP contribution in [0.25, 0.3) is 0 Å². The van der Waals surface area contributed by atoms with Gasteiger partial charge in [-0.05, 0) is 13.3 Å². The number of hydrogen-bond donors (Lipinski definition) is 2. The first kappa shape index (κ1) is 7.49. The van der Waals surface area contributed by atoms with Crippen molar-refractivity contribution < 1.29 is 0 Å². The first-order valence-electron chi connectivity index (χ1n) is 4.08. The largest absolute Gasteiger partial charge is 0.324 e. The Balaban J connectivity index is 2.17. The maximum absolute atomic E-state index is 5.72. The summed E-state index contributed by atoms with van der Waals surface area (Å²) in [5, 5.41) is 6.91. The molecule has 1 aliphatic rings. The second-order valence-corrected chi connectivity index (χ2v) is 3.17. The highest BCUT2D eigenvalue weighted by atomic mass is 15.2. The molecule has 2 unspecified atom stereocenters. The predicted molar refractivity (Wildman–Crippen MR) is 45.6 cm³/mol. The lowest BCUT2D eigenvalue weighted by molar-refractivity contribution is 0.679. The summed E-state index contributed by atoms with van der Waals surface area (Å²) in [7, 11) is 0. The Hall–Kier alpha value is -1.16. The molecule has 2 rings (SSSR count). The number of H-pyrrole nitrogens is 1. The average molecular weight is 164 g/mol. The lowest BCUT2D eigenvalue weighted by Crippen LogP contribution is -2.14. The molecule has 64 valence electrons. The summed E-state index contributed by atoms with van der Waals surface area (Å²) < 4.78 is 0. The highest BCUT2D eigenvalue weighted by Gasteiger charge is 2.20. The summed E-state index contributed by atoms with van der Waals surface area (Å²) in [5.41, 5.74) is 5.72. The van der Waals surface area contributed by atoms with E-state index in [1.54, 1.807) is 0 Å². The van der Waals surface area contributed by atoms with E-state index in [2.05, 4.69) is 21.3 Å². The third-order valence-corrected chi connectivity index (χ3v) is 2.06. The van der Waals surface area contributed by atoms with Gasteiger partial charge >= 0.3 is 0 Å². The summed E-state index contributed by atoms with van der Waals surface area (Å²) in [6.45, 7) is 1.90. The smallest absolute Gasteiger partial charge is 0.157 e. The van der Waals surface area contributed by atoms with E-state index >= 15 is 0 Å². The fourth-order valence-electron chi connectivity index (χ4n) is 1.44. The molecule has 0 radical (unpaired) electrons. The van der Waals surface area contributed by atoms with Crippen LogP contribution in [0.15, 0.2) is 12.2 Å². The molecule has 1 heterocycles. The van der Waals surface area contributed by atoms with Crippen LogP contribution in [0, 0.1) is 6.92 Å². The van der Waals surface area contributed by atoms with Crippen LogP contribution in [0.3, 0.4) is 0 Å².